The monoisotopic (exact) mass is 222 g/mol. The topological polar surface area (TPSA) is 29.5 Å². The highest BCUT2D eigenvalue weighted by Crippen LogP contribution is 2.53. The zero-order valence-corrected chi connectivity index (χ0v) is 10.3. The molecule has 2 nitrogen and oxygen atoms in total. The van der Waals surface area contributed by atoms with Crippen LogP contribution in [0.5, 0.6) is 0 Å². The molecule has 1 N–H and O–H groups in total. The van der Waals surface area contributed by atoms with E-state index in [0.29, 0.717) is 12.2 Å². The minimum atomic E-state index is 0.162. The van der Waals surface area contributed by atoms with Gasteiger partial charge in [-0.15, -0.1) is 0 Å². The summed E-state index contributed by atoms with van der Waals surface area (Å²) in [5, 5.41) is 8.94. The van der Waals surface area contributed by atoms with E-state index >= 15 is 0 Å². The Labute approximate surface area is 98.0 Å². The Bertz CT molecular complexity index is 319. The quantitative estimate of drug-likeness (QED) is 0.741. The van der Waals surface area contributed by atoms with Crippen LogP contribution in [0.25, 0.3) is 0 Å². The smallest absolute Gasteiger partial charge is 0.0793 e. The minimum Gasteiger partial charge on any atom is -0.392 e. The fraction of sp³-hybridized carbons (Fsp3) is 0.714. The van der Waals surface area contributed by atoms with Crippen LogP contribution in [0.1, 0.15) is 39.5 Å². The van der Waals surface area contributed by atoms with E-state index in [0.717, 1.165) is 24.8 Å². The molecule has 2 heterocycles. The van der Waals surface area contributed by atoms with E-state index in [-0.39, 0.29) is 12.0 Å². The molecule has 0 aromatic carbocycles. The standard InChI is InChI=1S/C14H22O2/c1-10(9-15)5-4-8-14(3)11(2)12-6-7-13(14)16-12/h5,12-13,15H,2,4,6-9H2,1,3H3/b10-5+. The lowest BCUT2D eigenvalue weighted by Gasteiger charge is -2.32. The van der Waals surface area contributed by atoms with Gasteiger partial charge in [0.25, 0.3) is 0 Å². The molecule has 0 aromatic heterocycles. The van der Waals surface area contributed by atoms with E-state index in [1.165, 1.54) is 12.0 Å². The van der Waals surface area contributed by atoms with Crippen LogP contribution in [0, 0.1) is 5.41 Å². The van der Waals surface area contributed by atoms with Gasteiger partial charge in [0.2, 0.25) is 0 Å². The zero-order chi connectivity index (χ0) is 11.8. The van der Waals surface area contributed by atoms with E-state index in [9.17, 15) is 0 Å². The number of hydrogen-bond donors (Lipinski definition) is 1. The van der Waals surface area contributed by atoms with Crippen LogP contribution >= 0.6 is 0 Å². The fourth-order valence-electron chi connectivity index (χ4n) is 2.94. The summed E-state index contributed by atoms with van der Waals surface area (Å²) in [6.07, 6.45) is 7.27. The molecule has 2 heteroatoms. The third-order valence-electron chi connectivity index (χ3n) is 4.26. The van der Waals surface area contributed by atoms with E-state index in [1.807, 2.05) is 6.92 Å². The summed E-state index contributed by atoms with van der Waals surface area (Å²) in [5.74, 6) is 0. The number of rotatable bonds is 4. The summed E-state index contributed by atoms with van der Waals surface area (Å²) in [7, 11) is 0. The maximum Gasteiger partial charge on any atom is 0.0793 e. The molecule has 0 spiro atoms. The minimum absolute atomic E-state index is 0.162. The van der Waals surface area contributed by atoms with Crippen LogP contribution in [0.2, 0.25) is 0 Å². The molecule has 2 rings (SSSR count). The number of aliphatic hydroxyl groups is 1. The van der Waals surface area contributed by atoms with Gasteiger partial charge in [0.1, 0.15) is 0 Å². The van der Waals surface area contributed by atoms with Crippen molar-refractivity contribution in [2.75, 3.05) is 6.61 Å². The number of ether oxygens (including phenoxy) is 1. The first-order chi connectivity index (χ1) is 7.58. The predicted molar refractivity (Wildman–Crippen MR) is 65.2 cm³/mol. The Kier molecular flexibility index (Phi) is 3.22. The SMILES string of the molecule is C=C1C2CCC(O2)C1(C)CC/C=C(\C)CO. The van der Waals surface area contributed by atoms with Crippen molar-refractivity contribution in [3.8, 4) is 0 Å². The highest BCUT2D eigenvalue weighted by molar-refractivity contribution is 5.25. The molecule has 2 fully saturated rings. The van der Waals surface area contributed by atoms with Gasteiger partial charge in [0, 0.05) is 5.41 Å². The van der Waals surface area contributed by atoms with Gasteiger partial charge in [0.05, 0.1) is 18.8 Å². The molecule has 2 bridgehead atoms. The molecule has 3 atom stereocenters. The highest BCUT2D eigenvalue weighted by Gasteiger charge is 2.51. The van der Waals surface area contributed by atoms with Crippen molar-refractivity contribution < 1.29 is 9.84 Å². The highest BCUT2D eigenvalue weighted by atomic mass is 16.5. The first-order valence-electron chi connectivity index (χ1n) is 6.19. The number of hydrogen-bond acceptors (Lipinski definition) is 2. The number of allylic oxidation sites excluding steroid dienone is 1. The molecule has 2 aliphatic rings. The predicted octanol–water partition coefficient (Wildman–Crippen LogP) is 2.83. The summed E-state index contributed by atoms with van der Waals surface area (Å²) >= 11 is 0. The first kappa shape index (κ1) is 11.9. The maximum absolute atomic E-state index is 8.94. The Morgan fingerprint density at radius 3 is 2.94 bits per heavy atom. The van der Waals surface area contributed by atoms with Crippen LogP contribution in [0.15, 0.2) is 23.8 Å². The van der Waals surface area contributed by atoms with Gasteiger partial charge in [-0.3, -0.25) is 0 Å². The molecule has 16 heavy (non-hydrogen) atoms. The molecule has 3 unspecified atom stereocenters. The molecule has 0 aliphatic carbocycles. The van der Waals surface area contributed by atoms with E-state index < -0.39 is 0 Å². The third-order valence-corrected chi connectivity index (χ3v) is 4.26. The lowest BCUT2D eigenvalue weighted by molar-refractivity contribution is 0.0646. The average molecular weight is 222 g/mol. The number of aliphatic hydroxyl groups excluding tert-OH is 1. The van der Waals surface area contributed by atoms with Crippen molar-refractivity contribution in [2.24, 2.45) is 5.41 Å². The van der Waals surface area contributed by atoms with Crippen LogP contribution < -0.4 is 0 Å². The lowest BCUT2D eigenvalue weighted by atomic mass is 9.69. The summed E-state index contributed by atoms with van der Waals surface area (Å²) in [6.45, 7) is 8.63. The van der Waals surface area contributed by atoms with Crippen molar-refractivity contribution in [3.63, 3.8) is 0 Å². The van der Waals surface area contributed by atoms with Crippen molar-refractivity contribution in [1.82, 2.24) is 0 Å². The molecule has 2 aliphatic heterocycles. The normalized spacial score (nSPS) is 38.4. The summed E-state index contributed by atoms with van der Waals surface area (Å²) in [6, 6.07) is 0. The molecule has 0 aromatic rings. The maximum atomic E-state index is 8.94. The second-order valence-corrected chi connectivity index (χ2v) is 5.38. The van der Waals surface area contributed by atoms with Crippen LogP contribution in [0.3, 0.4) is 0 Å². The molecule has 0 radical (unpaired) electrons. The lowest BCUT2D eigenvalue weighted by Crippen LogP contribution is -2.30. The molecule has 2 saturated heterocycles. The van der Waals surface area contributed by atoms with E-state index in [1.54, 1.807) is 0 Å². The van der Waals surface area contributed by atoms with Gasteiger partial charge in [-0.05, 0) is 38.2 Å². The summed E-state index contributed by atoms with van der Waals surface area (Å²) in [5.41, 5.74) is 2.51. The van der Waals surface area contributed by atoms with Gasteiger partial charge >= 0.3 is 0 Å². The Morgan fingerprint density at radius 2 is 2.38 bits per heavy atom. The average Bonchev–Trinajstić information content (AvgIpc) is 2.83. The van der Waals surface area contributed by atoms with Crippen molar-refractivity contribution in [2.45, 2.75) is 51.7 Å². The second kappa shape index (κ2) is 4.34. The Hall–Kier alpha value is -0.600. The summed E-state index contributed by atoms with van der Waals surface area (Å²) in [4.78, 5) is 0. The fourth-order valence-corrected chi connectivity index (χ4v) is 2.94. The van der Waals surface area contributed by atoms with Crippen LogP contribution in [0.4, 0.5) is 0 Å². The van der Waals surface area contributed by atoms with E-state index in [2.05, 4.69) is 19.6 Å². The van der Waals surface area contributed by atoms with Gasteiger partial charge in [-0.2, -0.15) is 0 Å². The zero-order valence-electron chi connectivity index (χ0n) is 10.3. The molecule has 0 saturated carbocycles. The van der Waals surface area contributed by atoms with Crippen LogP contribution in [-0.2, 0) is 4.74 Å². The first-order valence-corrected chi connectivity index (χ1v) is 6.19. The number of fused-ring (bicyclic) bond motifs is 2. The van der Waals surface area contributed by atoms with Gasteiger partial charge in [0.15, 0.2) is 0 Å². The molecule has 0 amide bonds. The van der Waals surface area contributed by atoms with Crippen molar-refractivity contribution in [3.05, 3.63) is 23.8 Å². The summed E-state index contributed by atoms with van der Waals surface area (Å²) < 4.78 is 5.91. The third kappa shape index (κ3) is 1.85. The Morgan fingerprint density at radius 1 is 1.62 bits per heavy atom. The molecular formula is C14H22O2. The van der Waals surface area contributed by atoms with Crippen LogP contribution in [-0.4, -0.2) is 23.9 Å². The van der Waals surface area contributed by atoms with Gasteiger partial charge in [-0.25, -0.2) is 0 Å². The largest absolute Gasteiger partial charge is 0.392 e. The second-order valence-electron chi connectivity index (χ2n) is 5.38. The Balaban J connectivity index is 1.96. The molecule has 90 valence electrons. The van der Waals surface area contributed by atoms with Crippen molar-refractivity contribution in [1.29, 1.82) is 0 Å². The van der Waals surface area contributed by atoms with E-state index in [4.69, 9.17) is 9.84 Å². The van der Waals surface area contributed by atoms with Gasteiger partial charge in [-0.1, -0.05) is 25.2 Å². The van der Waals surface area contributed by atoms with Crippen molar-refractivity contribution >= 4 is 0 Å². The molecular weight excluding hydrogens is 200 g/mol. The van der Waals surface area contributed by atoms with Gasteiger partial charge < -0.3 is 9.84 Å².